The fourth-order valence-electron chi connectivity index (χ4n) is 2.70. The molecule has 4 rings (SSSR count). The summed E-state index contributed by atoms with van der Waals surface area (Å²) in [7, 11) is 0. The molecule has 5 heteroatoms. The van der Waals surface area contributed by atoms with Gasteiger partial charge in [0, 0.05) is 18.5 Å². The maximum Gasteiger partial charge on any atom is 0.343 e. The first kappa shape index (κ1) is 16.7. The van der Waals surface area contributed by atoms with E-state index in [0.717, 1.165) is 11.1 Å². The Kier molecular flexibility index (Phi) is 4.26. The van der Waals surface area contributed by atoms with Crippen LogP contribution in [0.3, 0.4) is 0 Å². The first-order valence-corrected chi connectivity index (χ1v) is 8.37. The summed E-state index contributed by atoms with van der Waals surface area (Å²) in [5.74, 6) is 0.203. The van der Waals surface area contributed by atoms with Gasteiger partial charge in [0.05, 0.1) is 11.1 Å². The van der Waals surface area contributed by atoms with Crippen molar-refractivity contribution in [1.82, 2.24) is 4.98 Å². The standard InChI is InChI=1S/C22H15NO4/c1-14-4-6-16(7-5-14)22(25)26-17-8-9-18-19(12-17)27-20(21(18)24)11-15-3-2-10-23-13-15/h2-13H,1H3. The zero-order valence-electron chi connectivity index (χ0n) is 14.5. The third-order valence-corrected chi connectivity index (χ3v) is 4.12. The van der Waals surface area contributed by atoms with E-state index in [1.807, 2.05) is 25.1 Å². The van der Waals surface area contributed by atoms with Crippen LogP contribution in [0.2, 0.25) is 0 Å². The van der Waals surface area contributed by atoms with Crippen LogP contribution in [0.1, 0.15) is 31.8 Å². The summed E-state index contributed by atoms with van der Waals surface area (Å²) < 4.78 is 11.1. The number of carbonyl (C=O) groups excluding carboxylic acids is 2. The number of hydrogen-bond donors (Lipinski definition) is 0. The Hall–Kier alpha value is -3.73. The molecule has 0 fully saturated rings. The lowest BCUT2D eigenvalue weighted by Crippen LogP contribution is -2.08. The molecule has 0 atom stereocenters. The normalized spacial score (nSPS) is 14.0. The molecule has 0 aliphatic carbocycles. The molecule has 0 bridgehead atoms. The van der Waals surface area contributed by atoms with E-state index >= 15 is 0 Å². The molecule has 0 amide bonds. The Labute approximate surface area is 155 Å². The second kappa shape index (κ2) is 6.88. The van der Waals surface area contributed by atoms with Gasteiger partial charge in [-0.15, -0.1) is 0 Å². The van der Waals surface area contributed by atoms with Crippen molar-refractivity contribution < 1.29 is 19.1 Å². The predicted octanol–water partition coefficient (Wildman–Crippen LogP) is 4.23. The van der Waals surface area contributed by atoms with Crippen molar-refractivity contribution in [3.05, 3.63) is 95.0 Å². The maximum absolute atomic E-state index is 12.5. The van der Waals surface area contributed by atoms with Crippen molar-refractivity contribution in [1.29, 1.82) is 0 Å². The number of esters is 1. The molecule has 0 saturated carbocycles. The van der Waals surface area contributed by atoms with Crippen molar-refractivity contribution in [2.75, 3.05) is 0 Å². The van der Waals surface area contributed by atoms with E-state index in [-0.39, 0.29) is 11.5 Å². The second-order valence-corrected chi connectivity index (χ2v) is 6.14. The van der Waals surface area contributed by atoms with E-state index in [4.69, 9.17) is 9.47 Å². The Bertz CT molecular complexity index is 1050. The first-order valence-electron chi connectivity index (χ1n) is 8.37. The number of aryl methyl sites for hydroxylation is 1. The maximum atomic E-state index is 12.5. The van der Waals surface area contributed by atoms with Gasteiger partial charge in [0.1, 0.15) is 11.5 Å². The summed E-state index contributed by atoms with van der Waals surface area (Å²) >= 11 is 0. The molecule has 2 aromatic carbocycles. The van der Waals surface area contributed by atoms with E-state index < -0.39 is 5.97 Å². The Morgan fingerprint density at radius 3 is 2.67 bits per heavy atom. The van der Waals surface area contributed by atoms with Crippen LogP contribution in [0.25, 0.3) is 6.08 Å². The third kappa shape index (κ3) is 3.48. The summed E-state index contributed by atoms with van der Waals surface area (Å²) in [4.78, 5) is 28.7. The minimum absolute atomic E-state index is 0.208. The lowest BCUT2D eigenvalue weighted by molar-refractivity contribution is 0.0734. The van der Waals surface area contributed by atoms with Crippen LogP contribution in [-0.4, -0.2) is 16.7 Å². The number of pyridine rings is 1. The Morgan fingerprint density at radius 2 is 1.93 bits per heavy atom. The number of nitrogens with zero attached hydrogens (tertiary/aromatic N) is 1. The van der Waals surface area contributed by atoms with Gasteiger partial charge in [-0.05, 0) is 48.9 Å². The molecule has 5 nitrogen and oxygen atoms in total. The summed E-state index contributed by atoms with van der Waals surface area (Å²) in [6, 6.07) is 15.4. The molecule has 132 valence electrons. The Morgan fingerprint density at radius 1 is 1.11 bits per heavy atom. The van der Waals surface area contributed by atoms with Crippen LogP contribution < -0.4 is 9.47 Å². The number of allylic oxidation sites excluding steroid dienone is 1. The van der Waals surface area contributed by atoms with Gasteiger partial charge < -0.3 is 9.47 Å². The molecule has 0 spiro atoms. The minimum Gasteiger partial charge on any atom is -0.452 e. The fourth-order valence-corrected chi connectivity index (χ4v) is 2.70. The molecular formula is C22H15NO4. The fraction of sp³-hybridized carbons (Fsp3) is 0.0455. The van der Waals surface area contributed by atoms with Crippen LogP contribution in [0.5, 0.6) is 11.5 Å². The van der Waals surface area contributed by atoms with Crippen LogP contribution in [0, 0.1) is 6.92 Å². The van der Waals surface area contributed by atoms with Crippen molar-refractivity contribution in [3.8, 4) is 11.5 Å². The zero-order valence-corrected chi connectivity index (χ0v) is 14.5. The summed E-state index contributed by atoms with van der Waals surface area (Å²) in [6.45, 7) is 1.95. The number of Topliss-reactive ketones (excluding diaryl/α,β-unsaturated/α-hetero) is 1. The molecule has 0 radical (unpaired) electrons. The monoisotopic (exact) mass is 357 g/mol. The van der Waals surface area contributed by atoms with E-state index in [9.17, 15) is 9.59 Å². The molecular weight excluding hydrogens is 342 g/mol. The number of ketones is 1. The van der Waals surface area contributed by atoms with Crippen molar-refractivity contribution in [3.63, 3.8) is 0 Å². The van der Waals surface area contributed by atoms with E-state index in [0.29, 0.717) is 22.6 Å². The number of hydrogen-bond acceptors (Lipinski definition) is 5. The van der Waals surface area contributed by atoms with Crippen LogP contribution in [-0.2, 0) is 0 Å². The highest BCUT2D eigenvalue weighted by Gasteiger charge is 2.28. The molecule has 1 aliphatic rings. The van der Waals surface area contributed by atoms with Crippen LogP contribution >= 0.6 is 0 Å². The molecule has 3 aromatic rings. The summed E-state index contributed by atoms with van der Waals surface area (Å²) in [5.41, 5.74) is 2.71. The molecule has 0 saturated heterocycles. The Balaban J connectivity index is 1.55. The number of benzene rings is 2. The van der Waals surface area contributed by atoms with Gasteiger partial charge in [-0.25, -0.2) is 4.79 Å². The van der Waals surface area contributed by atoms with Crippen LogP contribution in [0.4, 0.5) is 0 Å². The third-order valence-electron chi connectivity index (χ3n) is 4.12. The van der Waals surface area contributed by atoms with E-state index in [2.05, 4.69) is 4.98 Å². The highest BCUT2D eigenvalue weighted by molar-refractivity contribution is 6.14. The topological polar surface area (TPSA) is 65.5 Å². The zero-order chi connectivity index (χ0) is 18.8. The van der Waals surface area contributed by atoms with Gasteiger partial charge in [0.15, 0.2) is 5.76 Å². The smallest absolute Gasteiger partial charge is 0.343 e. The summed E-state index contributed by atoms with van der Waals surface area (Å²) in [5, 5.41) is 0. The molecule has 0 unspecified atom stereocenters. The van der Waals surface area contributed by atoms with Crippen molar-refractivity contribution in [2.24, 2.45) is 0 Å². The summed E-state index contributed by atoms with van der Waals surface area (Å²) in [6.07, 6.45) is 4.93. The van der Waals surface area contributed by atoms with Gasteiger partial charge in [-0.3, -0.25) is 9.78 Å². The highest BCUT2D eigenvalue weighted by atomic mass is 16.5. The van der Waals surface area contributed by atoms with Gasteiger partial charge in [-0.2, -0.15) is 0 Å². The molecule has 27 heavy (non-hydrogen) atoms. The first-order chi connectivity index (χ1) is 13.1. The number of fused-ring (bicyclic) bond motifs is 1. The van der Waals surface area contributed by atoms with Crippen molar-refractivity contribution >= 4 is 17.8 Å². The average Bonchev–Trinajstić information content (AvgIpc) is 2.98. The number of ether oxygens (including phenoxy) is 2. The second-order valence-electron chi connectivity index (χ2n) is 6.14. The molecule has 1 aliphatic heterocycles. The quantitative estimate of drug-likeness (QED) is 0.399. The van der Waals surface area contributed by atoms with Crippen molar-refractivity contribution in [2.45, 2.75) is 6.92 Å². The SMILES string of the molecule is Cc1ccc(C(=O)Oc2ccc3c(c2)OC(=Cc2cccnc2)C3=O)cc1. The number of carbonyl (C=O) groups is 2. The van der Waals surface area contributed by atoms with Crippen LogP contribution in [0.15, 0.2) is 72.8 Å². The molecule has 1 aromatic heterocycles. The van der Waals surface area contributed by atoms with Gasteiger partial charge in [0.2, 0.25) is 5.78 Å². The predicted molar refractivity (Wildman–Crippen MR) is 99.8 cm³/mol. The number of rotatable bonds is 3. The largest absolute Gasteiger partial charge is 0.452 e. The van der Waals surface area contributed by atoms with E-state index in [1.165, 1.54) is 0 Å². The lowest BCUT2D eigenvalue weighted by Gasteiger charge is -2.06. The molecule has 0 N–H and O–H groups in total. The van der Waals surface area contributed by atoms with Gasteiger partial charge >= 0.3 is 5.97 Å². The van der Waals surface area contributed by atoms with Gasteiger partial charge in [-0.1, -0.05) is 23.8 Å². The van der Waals surface area contributed by atoms with Gasteiger partial charge in [0.25, 0.3) is 0 Å². The minimum atomic E-state index is -0.467. The van der Waals surface area contributed by atoms with E-state index in [1.54, 1.807) is 54.9 Å². The lowest BCUT2D eigenvalue weighted by atomic mass is 10.1. The highest BCUT2D eigenvalue weighted by Crippen LogP contribution is 2.35. The average molecular weight is 357 g/mol. The molecule has 2 heterocycles. The number of aromatic nitrogens is 1.